The summed E-state index contributed by atoms with van der Waals surface area (Å²) in [5, 5.41) is 4.10. The molecule has 0 unspecified atom stereocenters. The van der Waals surface area contributed by atoms with Crippen molar-refractivity contribution in [1.29, 1.82) is 0 Å². The van der Waals surface area contributed by atoms with E-state index in [1.54, 1.807) is 10.9 Å². The van der Waals surface area contributed by atoms with Crippen molar-refractivity contribution in [3.8, 4) is 5.75 Å². The Morgan fingerprint density at radius 1 is 1.35 bits per heavy atom. The van der Waals surface area contributed by atoms with Crippen molar-refractivity contribution in [3.05, 3.63) is 48.3 Å². The molecule has 2 heterocycles. The molecule has 0 saturated carbocycles. The number of nitrogens with zero attached hydrogens (tertiary/aromatic N) is 3. The van der Waals surface area contributed by atoms with Crippen molar-refractivity contribution in [2.45, 2.75) is 26.3 Å². The third-order valence-electron chi connectivity index (χ3n) is 4.30. The van der Waals surface area contributed by atoms with E-state index in [0.717, 1.165) is 37.2 Å². The zero-order chi connectivity index (χ0) is 16.1. The van der Waals surface area contributed by atoms with Crippen molar-refractivity contribution in [2.24, 2.45) is 5.92 Å². The van der Waals surface area contributed by atoms with Crippen LogP contribution in [0.2, 0.25) is 0 Å². The van der Waals surface area contributed by atoms with Gasteiger partial charge in [-0.15, -0.1) is 0 Å². The second-order valence-corrected chi connectivity index (χ2v) is 6.13. The van der Waals surface area contributed by atoms with Crippen molar-refractivity contribution < 1.29 is 9.53 Å². The number of hydrogen-bond acceptors (Lipinski definition) is 3. The summed E-state index contributed by atoms with van der Waals surface area (Å²) in [5.74, 6) is 1.46. The van der Waals surface area contributed by atoms with E-state index in [2.05, 4.69) is 18.1 Å². The summed E-state index contributed by atoms with van der Waals surface area (Å²) in [6, 6.07) is 9.89. The van der Waals surface area contributed by atoms with Gasteiger partial charge in [-0.05, 0) is 37.5 Å². The minimum atomic E-state index is 0.134. The molecule has 2 aromatic rings. The van der Waals surface area contributed by atoms with Crippen molar-refractivity contribution in [3.63, 3.8) is 0 Å². The number of ether oxygens (including phenoxy) is 1. The first kappa shape index (κ1) is 15.6. The van der Waals surface area contributed by atoms with E-state index in [9.17, 15) is 4.79 Å². The molecule has 1 aromatic heterocycles. The number of benzene rings is 1. The van der Waals surface area contributed by atoms with Gasteiger partial charge in [0.25, 0.3) is 0 Å². The lowest BCUT2D eigenvalue weighted by atomic mass is 9.99. The van der Waals surface area contributed by atoms with Gasteiger partial charge in [0, 0.05) is 31.4 Å². The fourth-order valence-electron chi connectivity index (χ4n) is 2.99. The number of para-hydroxylation sites is 1. The zero-order valence-corrected chi connectivity index (χ0v) is 13.5. The van der Waals surface area contributed by atoms with Gasteiger partial charge in [-0.2, -0.15) is 5.10 Å². The third-order valence-corrected chi connectivity index (χ3v) is 4.30. The Hall–Kier alpha value is -2.30. The van der Waals surface area contributed by atoms with Crippen LogP contribution in [-0.4, -0.2) is 40.3 Å². The molecule has 5 nitrogen and oxygen atoms in total. The first-order chi connectivity index (χ1) is 11.2. The Morgan fingerprint density at radius 2 is 2.22 bits per heavy atom. The number of amides is 1. The highest BCUT2D eigenvalue weighted by Crippen LogP contribution is 2.21. The molecule has 5 heteroatoms. The van der Waals surface area contributed by atoms with Crippen LogP contribution in [0.25, 0.3) is 0 Å². The molecular weight excluding hydrogens is 290 g/mol. The second kappa shape index (κ2) is 7.31. The van der Waals surface area contributed by atoms with Crippen LogP contribution in [0.1, 0.15) is 18.4 Å². The van der Waals surface area contributed by atoms with Gasteiger partial charge in [0.15, 0.2) is 0 Å². The normalized spacial score (nSPS) is 18.0. The molecule has 23 heavy (non-hydrogen) atoms. The van der Waals surface area contributed by atoms with Crippen LogP contribution in [0.4, 0.5) is 0 Å². The van der Waals surface area contributed by atoms with Crippen LogP contribution in [0, 0.1) is 12.8 Å². The molecule has 1 fully saturated rings. The molecule has 0 bridgehead atoms. The summed E-state index contributed by atoms with van der Waals surface area (Å²) in [4.78, 5) is 14.3. The van der Waals surface area contributed by atoms with Gasteiger partial charge < -0.3 is 9.64 Å². The Morgan fingerprint density at radius 3 is 3.00 bits per heavy atom. The van der Waals surface area contributed by atoms with Gasteiger partial charge in [-0.1, -0.05) is 18.2 Å². The van der Waals surface area contributed by atoms with E-state index < -0.39 is 0 Å². The van der Waals surface area contributed by atoms with Crippen LogP contribution in [0.3, 0.4) is 0 Å². The quantitative estimate of drug-likeness (QED) is 0.852. The summed E-state index contributed by atoms with van der Waals surface area (Å²) < 4.78 is 7.63. The van der Waals surface area contributed by atoms with Gasteiger partial charge >= 0.3 is 0 Å². The average Bonchev–Trinajstić information content (AvgIpc) is 3.07. The van der Waals surface area contributed by atoms with Crippen LogP contribution < -0.4 is 4.74 Å². The average molecular weight is 313 g/mol. The topological polar surface area (TPSA) is 47.4 Å². The molecule has 1 aliphatic rings. The summed E-state index contributed by atoms with van der Waals surface area (Å²) >= 11 is 0. The molecule has 1 saturated heterocycles. The van der Waals surface area contributed by atoms with E-state index in [1.165, 1.54) is 0 Å². The number of carbonyl (C=O) groups is 1. The number of carbonyl (C=O) groups excluding carboxylic acids is 1. The van der Waals surface area contributed by atoms with E-state index in [0.29, 0.717) is 19.1 Å². The maximum Gasteiger partial charge on any atom is 0.244 e. The largest absolute Gasteiger partial charge is 0.493 e. The molecule has 1 aliphatic heterocycles. The lowest BCUT2D eigenvalue weighted by Gasteiger charge is -2.32. The van der Waals surface area contributed by atoms with Crippen LogP contribution in [-0.2, 0) is 11.3 Å². The van der Waals surface area contributed by atoms with E-state index in [4.69, 9.17) is 4.74 Å². The summed E-state index contributed by atoms with van der Waals surface area (Å²) in [6.07, 6.45) is 5.66. The predicted octanol–water partition coefficient (Wildman–Crippen LogP) is 2.51. The molecule has 3 rings (SSSR count). The maximum absolute atomic E-state index is 12.4. The number of rotatable bonds is 5. The Balaban J connectivity index is 1.52. The van der Waals surface area contributed by atoms with E-state index in [1.807, 2.05) is 35.4 Å². The van der Waals surface area contributed by atoms with Crippen molar-refractivity contribution >= 4 is 5.91 Å². The van der Waals surface area contributed by atoms with E-state index >= 15 is 0 Å². The van der Waals surface area contributed by atoms with Crippen LogP contribution in [0.5, 0.6) is 5.75 Å². The van der Waals surface area contributed by atoms with Crippen LogP contribution >= 0.6 is 0 Å². The number of hydrogen-bond donors (Lipinski definition) is 0. The van der Waals surface area contributed by atoms with Gasteiger partial charge in [0.2, 0.25) is 5.91 Å². The Labute approximate surface area is 136 Å². The molecular formula is C18H23N3O2. The van der Waals surface area contributed by atoms with Crippen molar-refractivity contribution in [2.75, 3.05) is 19.7 Å². The summed E-state index contributed by atoms with van der Waals surface area (Å²) in [5.41, 5.74) is 1.15. The molecule has 1 amide bonds. The Bertz CT molecular complexity index is 639. The predicted molar refractivity (Wildman–Crippen MR) is 88.2 cm³/mol. The minimum absolute atomic E-state index is 0.134. The van der Waals surface area contributed by atoms with Gasteiger partial charge in [0.1, 0.15) is 12.3 Å². The van der Waals surface area contributed by atoms with Crippen LogP contribution in [0.15, 0.2) is 42.7 Å². The first-order valence-corrected chi connectivity index (χ1v) is 8.16. The van der Waals surface area contributed by atoms with Gasteiger partial charge in [-0.25, -0.2) is 0 Å². The first-order valence-electron chi connectivity index (χ1n) is 8.16. The number of piperidine rings is 1. The SMILES string of the molecule is Cc1ccccc1OC[C@H]1CCCN(C(=O)Cn2cccn2)C1. The highest BCUT2D eigenvalue weighted by molar-refractivity contribution is 5.76. The third kappa shape index (κ3) is 4.12. The molecule has 0 aliphatic carbocycles. The van der Waals surface area contributed by atoms with Gasteiger partial charge in [-0.3, -0.25) is 9.48 Å². The number of aromatic nitrogens is 2. The fourth-order valence-corrected chi connectivity index (χ4v) is 2.99. The Kier molecular flexibility index (Phi) is 4.95. The molecule has 1 atom stereocenters. The summed E-state index contributed by atoms with van der Waals surface area (Å²) in [6.45, 7) is 4.64. The molecule has 0 radical (unpaired) electrons. The zero-order valence-electron chi connectivity index (χ0n) is 13.5. The molecule has 122 valence electrons. The number of aryl methyl sites for hydroxylation is 1. The highest BCUT2D eigenvalue weighted by Gasteiger charge is 2.24. The van der Waals surface area contributed by atoms with Crippen molar-refractivity contribution in [1.82, 2.24) is 14.7 Å². The van der Waals surface area contributed by atoms with Gasteiger partial charge in [0.05, 0.1) is 6.61 Å². The lowest BCUT2D eigenvalue weighted by Crippen LogP contribution is -2.43. The smallest absolute Gasteiger partial charge is 0.244 e. The minimum Gasteiger partial charge on any atom is -0.493 e. The van der Waals surface area contributed by atoms with E-state index in [-0.39, 0.29) is 5.91 Å². The maximum atomic E-state index is 12.4. The fraction of sp³-hybridized carbons (Fsp3) is 0.444. The monoisotopic (exact) mass is 313 g/mol. The summed E-state index contributed by atoms with van der Waals surface area (Å²) in [7, 11) is 0. The molecule has 0 N–H and O–H groups in total. The standard InChI is InChI=1S/C18H23N3O2/c1-15-6-2-3-8-17(15)23-14-16-7-4-10-20(12-16)18(22)13-21-11-5-9-19-21/h2-3,5-6,8-9,11,16H,4,7,10,12-14H2,1H3/t16-/m0/s1. The second-order valence-electron chi connectivity index (χ2n) is 6.13. The highest BCUT2D eigenvalue weighted by atomic mass is 16.5. The lowest BCUT2D eigenvalue weighted by molar-refractivity contribution is -0.134. The molecule has 0 spiro atoms. The number of likely N-dealkylation sites (tertiary alicyclic amines) is 1. The molecule has 1 aromatic carbocycles.